The Bertz CT molecular complexity index is 821. The van der Waals surface area contributed by atoms with E-state index in [-0.39, 0.29) is 24.5 Å². The minimum absolute atomic E-state index is 0.0493. The topological polar surface area (TPSA) is 58.6 Å². The standard InChI is InChI=1S/C24H31ClN2O3/c1-5-18(4)26-24(29)22(6-2)27(15-19-9-7-17(3)8-10-19)23(28)16-30-21-13-11-20(25)12-14-21/h7-14,18,22H,5-6,15-16H2,1-4H3,(H,26,29). The Labute approximate surface area is 184 Å². The highest BCUT2D eigenvalue weighted by Crippen LogP contribution is 2.17. The molecule has 30 heavy (non-hydrogen) atoms. The number of aryl methyl sites for hydroxylation is 1. The van der Waals surface area contributed by atoms with Crippen molar-refractivity contribution in [2.45, 2.75) is 59.2 Å². The minimum Gasteiger partial charge on any atom is -0.484 e. The van der Waals surface area contributed by atoms with Gasteiger partial charge in [0, 0.05) is 17.6 Å². The molecule has 2 aromatic carbocycles. The third-order valence-electron chi connectivity index (χ3n) is 5.04. The zero-order chi connectivity index (χ0) is 22.1. The van der Waals surface area contributed by atoms with Gasteiger partial charge in [0.1, 0.15) is 11.8 Å². The summed E-state index contributed by atoms with van der Waals surface area (Å²) in [5.74, 6) is 0.177. The lowest BCUT2D eigenvalue weighted by atomic mass is 10.1. The summed E-state index contributed by atoms with van der Waals surface area (Å²) in [7, 11) is 0. The maximum Gasteiger partial charge on any atom is 0.261 e. The van der Waals surface area contributed by atoms with Gasteiger partial charge in [0.25, 0.3) is 5.91 Å². The molecule has 0 spiro atoms. The summed E-state index contributed by atoms with van der Waals surface area (Å²) in [6.07, 6.45) is 1.34. The van der Waals surface area contributed by atoms with Crippen molar-refractivity contribution in [3.63, 3.8) is 0 Å². The van der Waals surface area contributed by atoms with E-state index in [9.17, 15) is 9.59 Å². The SMILES string of the molecule is CCC(C)NC(=O)C(CC)N(Cc1ccc(C)cc1)C(=O)COc1ccc(Cl)cc1. The van der Waals surface area contributed by atoms with E-state index in [1.54, 1.807) is 29.2 Å². The van der Waals surface area contributed by atoms with Crippen molar-refractivity contribution in [3.8, 4) is 5.75 Å². The highest BCUT2D eigenvalue weighted by molar-refractivity contribution is 6.30. The summed E-state index contributed by atoms with van der Waals surface area (Å²) in [5.41, 5.74) is 2.11. The number of halogens is 1. The molecule has 2 unspecified atom stereocenters. The Balaban J connectivity index is 2.19. The predicted molar refractivity (Wildman–Crippen MR) is 121 cm³/mol. The molecule has 0 fully saturated rings. The minimum atomic E-state index is -0.568. The predicted octanol–water partition coefficient (Wildman–Crippen LogP) is 4.75. The van der Waals surface area contributed by atoms with Crippen LogP contribution in [0, 0.1) is 6.92 Å². The molecule has 0 bridgehead atoms. The number of carbonyl (C=O) groups is 2. The second-order valence-corrected chi connectivity index (χ2v) is 7.93. The summed E-state index contributed by atoms with van der Waals surface area (Å²) in [6.45, 7) is 8.09. The second-order valence-electron chi connectivity index (χ2n) is 7.49. The van der Waals surface area contributed by atoms with Crippen molar-refractivity contribution >= 4 is 23.4 Å². The monoisotopic (exact) mass is 430 g/mol. The highest BCUT2D eigenvalue weighted by atomic mass is 35.5. The van der Waals surface area contributed by atoms with Crippen LogP contribution in [0.5, 0.6) is 5.75 Å². The van der Waals surface area contributed by atoms with E-state index in [0.717, 1.165) is 17.5 Å². The van der Waals surface area contributed by atoms with Crippen molar-refractivity contribution in [2.24, 2.45) is 0 Å². The van der Waals surface area contributed by atoms with Gasteiger partial charge in [0.15, 0.2) is 6.61 Å². The quantitative estimate of drug-likeness (QED) is 0.591. The molecule has 0 saturated heterocycles. The molecule has 162 valence electrons. The number of hydrogen-bond donors (Lipinski definition) is 1. The Morgan fingerprint density at radius 3 is 2.23 bits per heavy atom. The Hall–Kier alpha value is -2.53. The normalized spacial score (nSPS) is 12.7. The summed E-state index contributed by atoms with van der Waals surface area (Å²) in [6, 6.07) is 14.3. The van der Waals surface area contributed by atoms with E-state index in [1.807, 2.05) is 52.0 Å². The Kier molecular flexibility index (Phi) is 9.18. The molecule has 0 aromatic heterocycles. The van der Waals surface area contributed by atoms with Crippen LogP contribution in [0.15, 0.2) is 48.5 Å². The number of carbonyl (C=O) groups excluding carboxylic acids is 2. The summed E-state index contributed by atoms with van der Waals surface area (Å²) >= 11 is 5.90. The van der Waals surface area contributed by atoms with Crippen molar-refractivity contribution in [1.29, 1.82) is 0 Å². The van der Waals surface area contributed by atoms with E-state index in [2.05, 4.69) is 5.32 Å². The molecule has 0 aliphatic carbocycles. The van der Waals surface area contributed by atoms with Gasteiger partial charge in [-0.2, -0.15) is 0 Å². The first-order chi connectivity index (χ1) is 14.3. The number of ether oxygens (including phenoxy) is 1. The fourth-order valence-electron chi connectivity index (χ4n) is 3.01. The van der Waals surface area contributed by atoms with Crippen molar-refractivity contribution in [1.82, 2.24) is 10.2 Å². The number of nitrogens with zero attached hydrogens (tertiary/aromatic N) is 1. The molecule has 1 N–H and O–H groups in total. The maximum atomic E-state index is 13.1. The number of nitrogens with one attached hydrogen (secondary N) is 1. The third kappa shape index (κ3) is 7.06. The molecule has 2 rings (SSSR count). The average molecular weight is 431 g/mol. The van der Waals surface area contributed by atoms with Crippen LogP contribution >= 0.6 is 11.6 Å². The van der Waals surface area contributed by atoms with Crippen molar-refractivity contribution < 1.29 is 14.3 Å². The molecule has 2 atom stereocenters. The zero-order valence-electron chi connectivity index (χ0n) is 18.2. The largest absolute Gasteiger partial charge is 0.484 e. The first kappa shape index (κ1) is 23.7. The third-order valence-corrected chi connectivity index (χ3v) is 5.29. The number of hydrogen-bond acceptors (Lipinski definition) is 3. The number of amides is 2. The first-order valence-electron chi connectivity index (χ1n) is 10.4. The fraction of sp³-hybridized carbons (Fsp3) is 0.417. The van der Waals surface area contributed by atoms with Crippen LogP contribution in [0.1, 0.15) is 44.7 Å². The molecule has 0 aliphatic rings. The van der Waals surface area contributed by atoms with Gasteiger partial charge < -0.3 is 15.0 Å². The molecular formula is C24H31ClN2O3. The second kappa shape index (κ2) is 11.6. The first-order valence-corrected chi connectivity index (χ1v) is 10.8. The molecule has 0 saturated carbocycles. The lowest BCUT2D eigenvalue weighted by molar-refractivity contribution is -0.143. The van der Waals surface area contributed by atoms with E-state index in [0.29, 0.717) is 23.7 Å². The molecule has 2 aromatic rings. The number of rotatable bonds is 10. The van der Waals surface area contributed by atoms with Crippen LogP contribution in [-0.2, 0) is 16.1 Å². The van der Waals surface area contributed by atoms with Crippen LogP contribution < -0.4 is 10.1 Å². The van der Waals surface area contributed by atoms with Gasteiger partial charge in [-0.25, -0.2) is 0 Å². The average Bonchev–Trinajstić information content (AvgIpc) is 2.74. The van der Waals surface area contributed by atoms with Gasteiger partial charge in [0.2, 0.25) is 5.91 Å². The molecule has 6 heteroatoms. The molecular weight excluding hydrogens is 400 g/mol. The Morgan fingerprint density at radius 1 is 1.03 bits per heavy atom. The van der Waals surface area contributed by atoms with Crippen molar-refractivity contribution in [2.75, 3.05) is 6.61 Å². The molecule has 0 aliphatic heterocycles. The molecule has 5 nitrogen and oxygen atoms in total. The van der Waals surface area contributed by atoms with E-state index < -0.39 is 6.04 Å². The van der Waals surface area contributed by atoms with Gasteiger partial charge in [-0.1, -0.05) is 55.3 Å². The van der Waals surface area contributed by atoms with Gasteiger partial charge in [-0.05, 0) is 56.5 Å². The van der Waals surface area contributed by atoms with Crippen LogP contribution in [-0.4, -0.2) is 35.4 Å². The lowest BCUT2D eigenvalue weighted by Crippen LogP contribution is -2.51. The maximum absolute atomic E-state index is 13.1. The lowest BCUT2D eigenvalue weighted by Gasteiger charge is -2.31. The Morgan fingerprint density at radius 2 is 1.67 bits per heavy atom. The summed E-state index contributed by atoms with van der Waals surface area (Å²) < 4.78 is 5.66. The van der Waals surface area contributed by atoms with Gasteiger partial charge in [0.05, 0.1) is 0 Å². The van der Waals surface area contributed by atoms with Gasteiger partial charge in [-0.3, -0.25) is 9.59 Å². The zero-order valence-corrected chi connectivity index (χ0v) is 18.9. The van der Waals surface area contributed by atoms with E-state index in [1.165, 1.54) is 0 Å². The van der Waals surface area contributed by atoms with Crippen LogP contribution in [0.2, 0.25) is 5.02 Å². The van der Waals surface area contributed by atoms with Crippen LogP contribution in [0.4, 0.5) is 0 Å². The van der Waals surface area contributed by atoms with Crippen LogP contribution in [0.3, 0.4) is 0 Å². The smallest absolute Gasteiger partial charge is 0.261 e. The van der Waals surface area contributed by atoms with Gasteiger partial charge in [-0.15, -0.1) is 0 Å². The summed E-state index contributed by atoms with van der Waals surface area (Å²) in [5, 5.41) is 3.60. The fourth-order valence-corrected chi connectivity index (χ4v) is 3.14. The number of benzene rings is 2. The molecule has 0 heterocycles. The van der Waals surface area contributed by atoms with Crippen molar-refractivity contribution in [3.05, 3.63) is 64.7 Å². The van der Waals surface area contributed by atoms with Gasteiger partial charge >= 0.3 is 0 Å². The molecule has 2 amide bonds. The van der Waals surface area contributed by atoms with Crippen LogP contribution in [0.25, 0.3) is 0 Å². The molecule has 0 radical (unpaired) electrons. The highest BCUT2D eigenvalue weighted by Gasteiger charge is 2.29. The van der Waals surface area contributed by atoms with E-state index in [4.69, 9.17) is 16.3 Å². The van der Waals surface area contributed by atoms with E-state index >= 15 is 0 Å². The summed E-state index contributed by atoms with van der Waals surface area (Å²) in [4.78, 5) is 27.6.